The van der Waals surface area contributed by atoms with Crippen molar-refractivity contribution in [1.82, 2.24) is 4.90 Å². The van der Waals surface area contributed by atoms with Crippen LogP contribution in [0, 0.1) is 0 Å². The third kappa shape index (κ3) is 3.95. The standard InChI is InChI=1S/C15H20N2O4/c1-10-7-17(8-11(2)21-10)15(19)12-5-3-4-6-13(12)20-9-14(16)18/h3-6,10-11H,7-9H2,1-2H3,(H2,16,18). The van der Waals surface area contributed by atoms with Gasteiger partial charge in [0.05, 0.1) is 17.8 Å². The van der Waals surface area contributed by atoms with Gasteiger partial charge in [0.2, 0.25) is 0 Å². The number of hydrogen-bond acceptors (Lipinski definition) is 4. The summed E-state index contributed by atoms with van der Waals surface area (Å²) in [6, 6.07) is 6.85. The summed E-state index contributed by atoms with van der Waals surface area (Å²) in [7, 11) is 0. The zero-order chi connectivity index (χ0) is 15.4. The van der Waals surface area contributed by atoms with Crippen molar-refractivity contribution in [2.75, 3.05) is 19.7 Å². The predicted molar refractivity (Wildman–Crippen MR) is 77.0 cm³/mol. The zero-order valence-electron chi connectivity index (χ0n) is 12.2. The topological polar surface area (TPSA) is 81.9 Å². The quantitative estimate of drug-likeness (QED) is 0.890. The highest BCUT2D eigenvalue weighted by Crippen LogP contribution is 2.22. The van der Waals surface area contributed by atoms with Crippen LogP contribution in [-0.2, 0) is 9.53 Å². The summed E-state index contributed by atoms with van der Waals surface area (Å²) < 4.78 is 10.9. The molecule has 2 unspecified atom stereocenters. The van der Waals surface area contributed by atoms with E-state index in [1.165, 1.54) is 0 Å². The lowest BCUT2D eigenvalue weighted by Gasteiger charge is -2.35. The van der Waals surface area contributed by atoms with Crippen molar-refractivity contribution < 1.29 is 19.1 Å². The van der Waals surface area contributed by atoms with E-state index >= 15 is 0 Å². The van der Waals surface area contributed by atoms with Gasteiger partial charge in [-0.25, -0.2) is 0 Å². The predicted octanol–water partition coefficient (Wildman–Crippen LogP) is 0.800. The fourth-order valence-electron chi connectivity index (χ4n) is 2.43. The van der Waals surface area contributed by atoms with Gasteiger partial charge < -0.3 is 20.1 Å². The Labute approximate surface area is 123 Å². The number of morpholine rings is 1. The number of amides is 2. The van der Waals surface area contributed by atoms with Crippen LogP contribution in [0.15, 0.2) is 24.3 Å². The SMILES string of the molecule is CC1CN(C(=O)c2ccccc2OCC(N)=O)CC(C)O1. The van der Waals surface area contributed by atoms with Gasteiger partial charge in [-0.15, -0.1) is 0 Å². The van der Waals surface area contributed by atoms with Crippen LogP contribution >= 0.6 is 0 Å². The van der Waals surface area contributed by atoms with E-state index in [2.05, 4.69) is 0 Å². The summed E-state index contributed by atoms with van der Waals surface area (Å²) in [5, 5.41) is 0. The fraction of sp³-hybridized carbons (Fsp3) is 0.467. The van der Waals surface area contributed by atoms with E-state index < -0.39 is 5.91 Å². The summed E-state index contributed by atoms with van der Waals surface area (Å²) >= 11 is 0. The maximum Gasteiger partial charge on any atom is 0.257 e. The van der Waals surface area contributed by atoms with Crippen LogP contribution in [0.5, 0.6) is 5.75 Å². The largest absolute Gasteiger partial charge is 0.483 e. The first-order chi connectivity index (χ1) is 9.97. The molecule has 1 heterocycles. The van der Waals surface area contributed by atoms with Gasteiger partial charge in [-0.1, -0.05) is 12.1 Å². The monoisotopic (exact) mass is 292 g/mol. The fourth-order valence-corrected chi connectivity index (χ4v) is 2.43. The third-order valence-corrected chi connectivity index (χ3v) is 3.19. The summed E-state index contributed by atoms with van der Waals surface area (Å²) in [4.78, 5) is 25.2. The maximum absolute atomic E-state index is 12.6. The molecule has 2 N–H and O–H groups in total. The number of ether oxygens (including phenoxy) is 2. The minimum absolute atomic E-state index is 0.00333. The Hall–Kier alpha value is -2.08. The lowest BCUT2D eigenvalue weighted by atomic mass is 10.1. The van der Waals surface area contributed by atoms with Gasteiger partial charge in [0.25, 0.3) is 11.8 Å². The average Bonchev–Trinajstić information content (AvgIpc) is 2.43. The van der Waals surface area contributed by atoms with Gasteiger partial charge in [-0.3, -0.25) is 9.59 Å². The van der Waals surface area contributed by atoms with E-state index in [0.717, 1.165) is 0 Å². The molecular formula is C15H20N2O4. The molecule has 0 spiro atoms. The molecule has 6 nitrogen and oxygen atoms in total. The van der Waals surface area contributed by atoms with Crippen LogP contribution in [0.25, 0.3) is 0 Å². The minimum Gasteiger partial charge on any atom is -0.483 e. The van der Waals surface area contributed by atoms with Gasteiger partial charge in [0.1, 0.15) is 5.75 Å². The number of nitrogens with zero attached hydrogens (tertiary/aromatic N) is 1. The van der Waals surface area contributed by atoms with Crippen molar-refractivity contribution in [1.29, 1.82) is 0 Å². The second-order valence-electron chi connectivity index (χ2n) is 5.22. The molecule has 2 atom stereocenters. The Morgan fingerprint density at radius 2 is 1.90 bits per heavy atom. The van der Waals surface area contributed by atoms with Gasteiger partial charge in [-0.05, 0) is 26.0 Å². The van der Waals surface area contributed by atoms with Crippen molar-refractivity contribution >= 4 is 11.8 Å². The summed E-state index contributed by atoms with van der Waals surface area (Å²) in [5.74, 6) is -0.337. The van der Waals surface area contributed by atoms with E-state index in [1.807, 2.05) is 13.8 Å². The van der Waals surface area contributed by atoms with Crippen LogP contribution in [0.1, 0.15) is 24.2 Å². The lowest BCUT2D eigenvalue weighted by Crippen LogP contribution is -2.48. The van der Waals surface area contributed by atoms with Crippen molar-refractivity contribution in [3.63, 3.8) is 0 Å². The summed E-state index contributed by atoms with van der Waals surface area (Å²) in [6.07, 6.45) is -0.00667. The highest BCUT2D eigenvalue weighted by Gasteiger charge is 2.28. The Bertz CT molecular complexity index is 522. The third-order valence-electron chi connectivity index (χ3n) is 3.19. The Morgan fingerprint density at radius 1 is 1.29 bits per heavy atom. The molecule has 114 valence electrons. The molecule has 1 saturated heterocycles. The highest BCUT2D eigenvalue weighted by molar-refractivity contribution is 5.97. The normalized spacial score (nSPS) is 21.9. The molecule has 0 aliphatic carbocycles. The van der Waals surface area contributed by atoms with E-state index in [4.69, 9.17) is 15.2 Å². The van der Waals surface area contributed by atoms with Crippen LogP contribution in [0.4, 0.5) is 0 Å². The number of carbonyl (C=O) groups is 2. The molecule has 0 bridgehead atoms. The lowest BCUT2D eigenvalue weighted by molar-refractivity contribution is -0.119. The second-order valence-corrected chi connectivity index (χ2v) is 5.22. The van der Waals surface area contributed by atoms with Crippen molar-refractivity contribution in [3.05, 3.63) is 29.8 Å². The molecular weight excluding hydrogens is 272 g/mol. The van der Waals surface area contributed by atoms with E-state index in [0.29, 0.717) is 24.4 Å². The Kier molecular flexibility index (Phi) is 4.80. The van der Waals surface area contributed by atoms with Crippen LogP contribution in [0.3, 0.4) is 0 Å². The molecule has 1 aromatic carbocycles. The first-order valence-electron chi connectivity index (χ1n) is 6.92. The molecule has 21 heavy (non-hydrogen) atoms. The van der Waals surface area contributed by atoms with Gasteiger partial charge in [0, 0.05) is 13.1 Å². The molecule has 2 rings (SSSR count). The number of rotatable bonds is 4. The van der Waals surface area contributed by atoms with E-state index in [9.17, 15) is 9.59 Å². The summed E-state index contributed by atoms with van der Waals surface area (Å²) in [5.41, 5.74) is 5.50. The highest BCUT2D eigenvalue weighted by atomic mass is 16.5. The second kappa shape index (κ2) is 6.58. The number of nitrogens with two attached hydrogens (primary N) is 1. The summed E-state index contributed by atoms with van der Waals surface area (Å²) in [6.45, 7) is 4.69. The maximum atomic E-state index is 12.6. The van der Waals surface area contributed by atoms with E-state index in [-0.39, 0.29) is 24.7 Å². The first kappa shape index (κ1) is 15.3. The molecule has 0 radical (unpaired) electrons. The number of primary amides is 1. The molecule has 1 aromatic rings. The molecule has 1 fully saturated rings. The van der Waals surface area contributed by atoms with Crippen molar-refractivity contribution in [2.24, 2.45) is 5.73 Å². The van der Waals surface area contributed by atoms with Gasteiger partial charge in [0.15, 0.2) is 6.61 Å². The molecule has 0 aromatic heterocycles. The molecule has 1 aliphatic heterocycles. The smallest absolute Gasteiger partial charge is 0.257 e. The number of benzene rings is 1. The Balaban J connectivity index is 2.16. The Morgan fingerprint density at radius 3 is 2.52 bits per heavy atom. The van der Waals surface area contributed by atoms with Crippen LogP contribution in [0.2, 0.25) is 0 Å². The van der Waals surface area contributed by atoms with Crippen LogP contribution in [-0.4, -0.2) is 48.6 Å². The number of carbonyl (C=O) groups excluding carboxylic acids is 2. The van der Waals surface area contributed by atoms with Gasteiger partial charge in [-0.2, -0.15) is 0 Å². The first-order valence-corrected chi connectivity index (χ1v) is 6.92. The van der Waals surface area contributed by atoms with Crippen LogP contribution < -0.4 is 10.5 Å². The number of para-hydroxylation sites is 1. The average molecular weight is 292 g/mol. The number of hydrogen-bond donors (Lipinski definition) is 1. The minimum atomic E-state index is -0.578. The molecule has 2 amide bonds. The molecule has 6 heteroatoms. The zero-order valence-corrected chi connectivity index (χ0v) is 12.2. The molecule has 0 saturated carbocycles. The van der Waals surface area contributed by atoms with Crippen molar-refractivity contribution in [3.8, 4) is 5.75 Å². The molecule has 1 aliphatic rings. The van der Waals surface area contributed by atoms with E-state index in [1.54, 1.807) is 29.2 Å². The van der Waals surface area contributed by atoms with Crippen molar-refractivity contribution in [2.45, 2.75) is 26.1 Å². The van der Waals surface area contributed by atoms with Gasteiger partial charge >= 0.3 is 0 Å².